The number of tetrazole rings is 1. The van der Waals surface area contributed by atoms with E-state index in [1.54, 1.807) is 11.0 Å². The van der Waals surface area contributed by atoms with Gasteiger partial charge in [0.1, 0.15) is 6.33 Å². The lowest BCUT2D eigenvalue weighted by atomic mass is 10.0. The van der Waals surface area contributed by atoms with Crippen LogP contribution in [0, 0.1) is 6.92 Å². The van der Waals surface area contributed by atoms with Crippen molar-refractivity contribution in [3.8, 4) is 5.69 Å². The third kappa shape index (κ3) is 4.26. The van der Waals surface area contributed by atoms with Gasteiger partial charge in [0.15, 0.2) is 0 Å². The molecule has 0 radical (unpaired) electrons. The normalized spacial score (nSPS) is 17.4. The van der Waals surface area contributed by atoms with Crippen LogP contribution in [0.4, 0.5) is 0 Å². The van der Waals surface area contributed by atoms with E-state index in [0.717, 1.165) is 43.7 Å². The van der Waals surface area contributed by atoms with Crippen LogP contribution in [0.25, 0.3) is 5.69 Å². The van der Waals surface area contributed by atoms with Crippen LogP contribution in [0.5, 0.6) is 0 Å². The highest BCUT2D eigenvalue weighted by molar-refractivity contribution is 5.94. The summed E-state index contributed by atoms with van der Waals surface area (Å²) in [6, 6.07) is 16.2. The van der Waals surface area contributed by atoms with Crippen molar-refractivity contribution in [1.29, 1.82) is 0 Å². The molecule has 3 aromatic rings. The predicted octanol–water partition coefficient (Wildman–Crippen LogP) is 2.37. The fourth-order valence-electron chi connectivity index (χ4n) is 3.75. The van der Waals surface area contributed by atoms with Crippen LogP contribution in [-0.2, 0) is 6.54 Å². The minimum Gasteiger partial charge on any atom is -0.348 e. The Morgan fingerprint density at radius 1 is 1.21 bits per heavy atom. The molecule has 1 aliphatic rings. The van der Waals surface area contributed by atoms with E-state index in [9.17, 15) is 4.79 Å². The van der Waals surface area contributed by atoms with Crippen LogP contribution in [0.2, 0.25) is 0 Å². The van der Waals surface area contributed by atoms with Crippen molar-refractivity contribution >= 4 is 5.91 Å². The Hall–Kier alpha value is -3.06. The zero-order valence-corrected chi connectivity index (χ0v) is 16.0. The predicted molar refractivity (Wildman–Crippen MR) is 106 cm³/mol. The Bertz CT molecular complexity index is 925. The highest BCUT2D eigenvalue weighted by Gasteiger charge is 2.22. The molecular formula is C21H24N6O. The minimum absolute atomic E-state index is 0.0297. The highest BCUT2D eigenvalue weighted by atomic mass is 16.1. The molecule has 144 valence electrons. The molecule has 28 heavy (non-hydrogen) atoms. The molecule has 7 nitrogen and oxygen atoms in total. The Labute approximate surface area is 164 Å². The first-order valence-electron chi connectivity index (χ1n) is 9.60. The number of benzene rings is 2. The van der Waals surface area contributed by atoms with Gasteiger partial charge in [0.2, 0.25) is 0 Å². The van der Waals surface area contributed by atoms with Gasteiger partial charge in [-0.2, -0.15) is 0 Å². The van der Waals surface area contributed by atoms with E-state index < -0.39 is 0 Å². The van der Waals surface area contributed by atoms with Crippen molar-refractivity contribution in [3.63, 3.8) is 0 Å². The smallest absolute Gasteiger partial charge is 0.251 e. The maximum atomic E-state index is 12.8. The van der Waals surface area contributed by atoms with Crippen LogP contribution in [0.1, 0.15) is 34.3 Å². The Morgan fingerprint density at radius 2 is 2.07 bits per heavy atom. The molecule has 0 saturated carbocycles. The van der Waals surface area contributed by atoms with Gasteiger partial charge >= 0.3 is 0 Å². The fourth-order valence-corrected chi connectivity index (χ4v) is 3.75. The van der Waals surface area contributed by atoms with Gasteiger partial charge in [-0.25, -0.2) is 4.68 Å². The number of carbonyl (C=O) groups is 1. The zero-order valence-electron chi connectivity index (χ0n) is 16.0. The van der Waals surface area contributed by atoms with E-state index in [1.165, 1.54) is 5.56 Å². The summed E-state index contributed by atoms with van der Waals surface area (Å²) in [5.74, 6) is -0.0297. The fraction of sp³-hybridized carbons (Fsp3) is 0.333. The van der Waals surface area contributed by atoms with Crippen molar-refractivity contribution in [2.75, 3.05) is 13.1 Å². The summed E-state index contributed by atoms with van der Waals surface area (Å²) >= 11 is 0. The van der Waals surface area contributed by atoms with Gasteiger partial charge in [0.25, 0.3) is 5.91 Å². The van der Waals surface area contributed by atoms with Gasteiger partial charge in [0, 0.05) is 24.7 Å². The molecular weight excluding hydrogens is 352 g/mol. The average Bonchev–Trinajstić information content (AvgIpc) is 3.23. The van der Waals surface area contributed by atoms with E-state index in [0.29, 0.717) is 5.56 Å². The van der Waals surface area contributed by atoms with Gasteiger partial charge in [-0.05, 0) is 66.1 Å². The largest absolute Gasteiger partial charge is 0.348 e. The molecule has 7 heteroatoms. The van der Waals surface area contributed by atoms with E-state index >= 15 is 0 Å². The molecule has 2 heterocycles. The minimum atomic E-state index is -0.0297. The summed E-state index contributed by atoms with van der Waals surface area (Å²) in [4.78, 5) is 15.2. The summed E-state index contributed by atoms with van der Waals surface area (Å²) in [5.41, 5.74) is 3.79. The van der Waals surface area contributed by atoms with Crippen LogP contribution < -0.4 is 5.32 Å². The van der Waals surface area contributed by atoms with Gasteiger partial charge in [-0.15, -0.1) is 5.10 Å². The van der Waals surface area contributed by atoms with Crippen LogP contribution in [-0.4, -0.2) is 50.1 Å². The number of amides is 1. The van der Waals surface area contributed by atoms with Crippen LogP contribution in [0.3, 0.4) is 0 Å². The molecule has 0 bridgehead atoms. The molecule has 1 aromatic heterocycles. The number of nitrogens with one attached hydrogen (secondary N) is 1. The summed E-state index contributed by atoms with van der Waals surface area (Å²) in [6.45, 7) is 4.83. The lowest BCUT2D eigenvalue weighted by molar-refractivity contribution is 0.0900. The van der Waals surface area contributed by atoms with Gasteiger partial charge in [-0.3, -0.25) is 9.69 Å². The number of aromatic nitrogens is 4. The monoisotopic (exact) mass is 376 g/mol. The highest BCUT2D eigenvalue weighted by Crippen LogP contribution is 2.17. The number of piperidine rings is 1. The number of carbonyl (C=O) groups excluding carboxylic acids is 1. The summed E-state index contributed by atoms with van der Waals surface area (Å²) in [6.07, 6.45) is 3.65. The number of rotatable bonds is 5. The first-order valence-corrected chi connectivity index (χ1v) is 9.60. The molecule has 1 saturated heterocycles. The zero-order chi connectivity index (χ0) is 19.3. The van der Waals surface area contributed by atoms with Gasteiger partial charge in [-0.1, -0.05) is 30.3 Å². The molecule has 1 N–H and O–H groups in total. The number of aryl methyl sites for hydroxylation is 1. The van der Waals surface area contributed by atoms with E-state index in [2.05, 4.69) is 50.0 Å². The van der Waals surface area contributed by atoms with Gasteiger partial charge in [0.05, 0.1) is 5.69 Å². The van der Waals surface area contributed by atoms with Gasteiger partial charge < -0.3 is 5.32 Å². The van der Waals surface area contributed by atoms with E-state index in [4.69, 9.17) is 0 Å². The molecule has 4 rings (SSSR count). The van der Waals surface area contributed by atoms with Crippen molar-refractivity contribution in [1.82, 2.24) is 30.4 Å². The third-order valence-corrected chi connectivity index (χ3v) is 5.14. The Kier molecular flexibility index (Phi) is 5.43. The van der Waals surface area contributed by atoms with Crippen LogP contribution >= 0.6 is 0 Å². The Morgan fingerprint density at radius 3 is 2.82 bits per heavy atom. The quantitative estimate of drug-likeness (QED) is 0.740. The second kappa shape index (κ2) is 8.31. The summed E-state index contributed by atoms with van der Waals surface area (Å²) in [5, 5.41) is 14.4. The number of likely N-dealkylation sites (tertiary alicyclic amines) is 1. The van der Waals surface area contributed by atoms with Crippen molar-refractivity contribution in [3.05, 3.63) is 71.5 Å². The van der Waals surface area contributed by atoms with Crippen LogP contribution in [0.15, 0.2) is 54.9 Å². The second-order valence-corrected chi connectivity index (χ2v) is 7.29. The SMILES string of the molecule is Cc1cc(C(=O)NC2CCCN(Cc3ccccc3)C2)ccc1-n1cnnn1. The number of hydrogen-bond donors (Lipinski definition) is 1. The second-order valence-electron chi connectivity index (χ2n) is 7.29. The standard InChI is InChI=1S/C21H24N6O/c1-16-12-18(9-10-20(16)27-15-22-24-25-27)21(28)23-19-8-5-11-26(14-19)13-17-6-3-2-4-7-17/h2-4,6-7,9-10,12,15,19H,5,8,11,13-14H2,1H3,(H,23,28). The summed E-state index contributed by atoms with van der Waals surface area (Å²) < 4.78 is 1.60. The first-order chi connectivity index (χ1) is 13.7. The van der Waals surface area contributed by atoms with Crippen molar-refractivity contribution in [2.24, 2.45) is 0 Å². The number of nitrogens with zero attached hydrogens (tertiary/aromatic N) is 5. The molecule has 2 aromatic carbocycles. The molecule has 1 fully saturated rings. The lowest BCUT2D eigenvalue weighted by Crippen LogP contribution is -2.47. The average molecular weight is 376 g/mol. The number of hydrogen-bond acceptors (Lipinski definition) is 5. The maximum absolute atomic E-state index is 12.8. The van der Waals surface area contributed by atoms with Crippen molar-refractivity contribution < 1.29 is 4.79 Å². The molecule has 0 aliphatic carbocycles. The summed E-state index contributed by atoms with van der Waals surface area (Å²) in [7, 11) is 0. The molecule has 1 aliphatic heterocycles. The van der Waals surface area contributed by atoms with E-state index in [-0.39, 0.29) is 11.9 Å². The molecule has 1 atom stereocenters. The molecule has 0 spiro atoms. The third-order valence-electron chi connectivity index (χ3n) is 5.14. The molecule has 1 unspecified atom stereocenters. The molecule has 1 amide bonds. The maximum Gasteiger partial charge on any atom is 0.251 e. The topological polar surface area (TPSA) is 75.9 Å². The van der Waals surface area contributed by atoms with E-state index in [1.807, 2.05) is 31.2 Å². The Balaban J connectivity index is 1.38. The first kappa shape index (κ1) is 18.3. The lowest BCUT2D eigenvalue weighted by Gasteiger charge is -2.33. The van der Waals surface area contributed by atoms with Crippen molar-refractivity contribution in [2.45, 2.75) is 32.4 Å².